The molecule has 0 unspecified atom stereocenters. The van der Waals surface area contributed by atoms with Crippen molar-refractivity contribution in [2.24, 2.45) is 0 Å². The predicted octanol–water partition coefficient (Wildman–Crippen LogP) is 1.42. The van der Waals surface area contributed by atoms with Crippen molar-refractivity contribution in [2.75, 3.05) is 12.4 Å². The van der Waals surface area contributed by atoms with E-state index < -0.39 is 5.91 Å². The second-order valence-electron chi connectivity index (χ2n) is 4.64. The van der Waals surface area contributed by atoms with E-state index in [1.807, 2.05) is 0 Å². The van der Waals surface area contributed by atoms with E-state index in [0.29, 0.717) is 11.5 Å². The second kappa shape index (κ2) is 6.14. The van der Waals surface area contributed by atoms with Gasteiger partial charge in [-0.2, -0.15) is 5.10 Å². The van der Waals surface area contributed by atoms with E-state index in [4.69, 9.17) is 4.74 Å². The van der Waals surface area contributed by atoms with Crippen LogP contribution in [-0.4, -0.2) is 33.2 Å². The largest absolute Gasteiger partial charge is 0.491 e. The van der Waals surface area contributed by atoms with Crippen LogP contribution in [-0.2, 0) is 0 Å². The van der Waals surface area contributed by atoms with Gasteiger partial charge in [0.05, 0.1) is 7.11 Å². The lowest BCUT2D eigenvalue weighted by Gasteiger charge is -2.06. The SMILES string of the molecule is COc1c[nH]c(C(=O)Nc2ccc(-c3ncn[nH]3)cc2)cc1=O. The van der Waals surface area contributed by atoms with Gasteiger partial charge in [0.15, 0.2) is 11.6 Å². The summed E-state index contributed by atoms with van der Waals surface area (Å²) in [7, 11) is 1.39. The molecule has 3 N–H and O–H groups in total. The highest BCUT2D eigenvalue weighted by Gasteiger charge is 2.10. The zero-order chi connectivity index (χ0) is 16.2. The molecule has 1 aromatic carbocycles. The lowest BCUT2D eigenvalue weighted by molar-refractivity contribution is 0.102. The van der Waals surface area contributed by atoms with Crippen LogP contribution in [0.4, 0.5) is 5.69 Å². The van der Waals surface area contributed by atoms with Gasteiger partial charge in [0.2, 0.25) is 5.43 Å². The molecule has 1 amide bonds. The van der Waals surface area contributed by atoms with Crippen molar-refractivity contribution in [1.82, 2.24) is 20.2 Å². The van der Waals surface area contributed by atoms with Gasteiger partial charge in [-0.1, -0.05) is 0 Å². The van der Waals surface area contributed by atoms with Gasteiger partial charge >= 0.3 is 0 Å². The summed E-state index contributed by atoms with van der Waals surface area (Å²) >= 11 is 0. The van der Waals surface area contributed by atoms with Crippen molar-refractivity contribution in [1.29, 1.82) is 0 Å². The first-order chi connectivity index (χ1) is 11.2. The second-order valence-corrected chi connectivity index (χ2v) is 4.64. The van der Waals surface area contributed by atoms with Crippen molar-refractivity contribution in [2.45, 2.75) is 0 Å². The van der Waals surface area contributed by atoms with Crippen LogP contribution in [0.15, 0.2) is 47.7 Å². The number of nitrogens with one attached hydrogen (secondary N) is 3. The number of aromatic amines is 2. The third-order valence-corrected chi connectivity index (χ3v) is 3.17. The summed E-state index contributed by atoms with van der Waals surface area (Å²) in [5.74, 6) is 0.373. The van der Waals surface area contributed by atoms with Gasteiger partial charge in [-0.25, -0.2) is 4.98 Å². The molecule has 0 aliphatic heterocycles. The number of rotatable bonds is 4. The molecule has 3 rings (SSSR count). The third kappa shape index (κ3) is 3.10. The number of carbonyl (C=O) groups is 1. The predicted molar refractivity (Wildman–Crippen MR) is 83.4 cm³/mol. The first-order valence-corrected chi connectivity index (χ1v) is 6.71. The van der Waals surface area contributed by atoms with Crippen LogP contribution in [0, 0.1) is 0 Å². The molecule has 0 aliphatic carbocycles. The normalized spacial score (nSPS) is 10.3. The summed E-state index contributed by atoms with van der Waals surface area (Å²) < 4.78 is 4.86. The highest BCUT2D eigenvalue weighted by atomic mass is 16.5. The van der Waals surface area contributed by atoms with Gasteiger partial charge in [-0.15, -0.1) is 0 Å². The number of nitrogens with zero attached hydrogens (tertiary/aromatic N) is 2. The molecular weight excluding hydrogens is 298 g/mol. The van der Waals surface area contributed by atoms with Crippen LogP contribution in [0.5, 0.6) is 5.75 Å². The van der Waals surface area contributed by atoms with Crippen LogP contribution in [0.1, 0.15) is 10.5 Å². The summed E-state index contributed by atoms with van der Waals surface area (Å²) in [5.41, 5.74) is 1.22. The van der Waals surface area contributed by atoms with E-state index >= 15 is 0 Å². The fourth-order valence-corrected chi connectivity index (χ4v) is 2.00. The minimum absolute atomic E-state index is 0.148. The Labute approximate surface area is 130 Å². The Morgan fingerprint density at radius 2 is 2.04 bits per heavy atom. The minimum atomic E-state index is -0.419. The molecule has 0 saturated heterocycles. The number of aromatic nitrogens is 4. The third-order valence-electron chi connectivity index (χ3n) is 3.17. The van der Waals surface area contributed by atoms with Gasteiger partial charge in [0.1, 0.15) is 12.0 Å². The molecule has 3 aromatic rings. The number of hydrogen-bond donors (Lipinski definition) is 3. The minimum Gasteiger partial charge on any atom is -0.491 e. The van der Waals surface area contributed by atoms with Crippen molar-refractivity contribution in [3.63, 3.8) is 0 Å². The maximum absolute atomic E-state index is 12.1. The van der Waals surface area contributed by atoms with Crippen LogP contribution < -0.4 is 15.5 Å². The maximum Gasteiger partial charge on any atom is 0.272 e. The fraction of sp³-hybridized carbons (Fsp3) is 0.0667. The lowest BCUT2D eigenvalue weighted by Crippen LogP contribution is -2.17. The van der Waals surface area contributed by atoms with Crippen molar-refractivity contribution >= 4 is 11.6 Å². The molecule has 8 heteroatoms. The molecule has 0 aliphatic rings. The molecule has 2 heterocycles. The zero-order valence-corrected chi connectivity index (χ0v) is 12.2. The topological polar surface area (TPSA) is 113 Å². The molecule has 0 saturated carbocycles. The number of ether oxygens (including phenoxy) is 1. The molecule has 8 nitrogen and oxygen atoms in total. The van der Waals surface area contributed by atoms with E-state index in [2.05, 4.69) is 25.5 Å². The molecule has 0 fully saturated rings. The molecule has 23 heavy (non-hydrogen) atoms. The van der Waals surface area contributed by atoms with Gasteiger partial charge in [-0.3, -0.25) is 14.7 Å². The summed E-state index contributed by atoms with van der Waals surface area (Å²) in [4.78, 5) is 30.6. The number of pyridine rings is 1. The average Bonchev–Trinajstić information content (AvgIpc) is 3.10. The molecule has 0 atom stereocenters. The number of H-pyrrole nitrogens is 2. The fourth-order valence-electron chi connectivity index (χ4n) is 2.00. The van der Waals surface area contributed by atoms with E-state index in [-0.39, 0.29) is 16.9 Å². The Balaban J connectivity index is 1.75. The van der Waals surface area contributed by atoms with Gasteiger partial charge < -0.3 is 15.0 Å². The number of benzene rings is 1. The van der Waals surface area contributed by atoms with Crippen molar-refractivity contribution in [3.8, 4) is 17.1 Å². The highest BCUT2D eigenvalue weighted by Crippen LogP contribution is 2.17. The summed E-state index contributed by atoms with van der Waals surface area (Å²) in [6, 6.07) is 8.26. The number of amides is 1. The van der Waals surface area contributed by atoms with Gasteiger partial charge in [0, 0.05) is 23.5 Å². The van der Waals surface area contributed by atoms with Gasteiger partial charge in [0.25, 0.3) is 5.91 Å². The molecule has 2 aromatic heterocycles. The van der Waals surface area contributed by atoms with Crippen molar-refractivity contribution in [3.05, 3.63) is 58.8 Å². The smallest absolute Gasteiger partial charge is 0.272 e. The Kier molecular flexibility index (Phi) is 3.88. The van der Waals surface area contributed by atoms with Crippen LogP contribution in [0.3, 0.4) is 0 Å². The van der Waals surface area contributed by atoms with E-state index in [1.165, 1.54) is 25.7 Å². The number of anilines is 1. The van der Waals surface area contributed by atoms with Crippen LogP contribution >= 0.6 is 0 Å². The first kappa shape index (κ1) is 14.5. The van der Waals surface area contributed by atoms with Gasteiger partial charge in [-0.05, 0) is 24.3 Å². The number of methoxy groups -OCH3 is 1. The van der Waals surface area contributed by atoms with Crippen molar-refractivity contribution < 1.29 is 9.53 Å². The maximum atomic E-state index is 12.1. The first-order valence-electron chi connectivity index (χ1n) is 6.71. The Morgan fingerprint density at radius 1 is 1.26 bits per heavy atom. The molecule has 0 spiro atoms. The van der Waals surface area contributed by atoms with E-state index in [9.17, 15) is 9.59 Å². The summed E-state index contributed by atoms with van der Waals surface area (Å²) in [6.45, 7) is 0. The average molecular weight is 311 g/mol. The summed E-state index contributed by atoms with van der Waals surface area (Å²) in [5, 5.41) is 9.24. The highest BCUT2D eigenvalue weighted by molar-refractivity contribution is 6.02. The monoisotopic (exact) mass is 311 g/mol. The van der Waals surface area contributed by atoms with Crippen LogP contribution in [0.2, 0.25) is 0 Å². The Bertz CT molecular complexity index is 869. The standard InChI is InChI=1S/C15H13N5O3/c1-23-13-7-16-11(6-12(13)21)15(22)19-10-4-2-9(3-5-10)14-17-8-18-20-14/h2-8H,1H3,(H,16,21)(H,19,22)(H,17,18,20). The molecule has 116 valence electrons. The molecular formula is C15H13N5O3. The summed E-state index contributed by atoms with van der Waals surface area (Å²) in [6.07, 6.45) is 2.77. The quantitative estimate of drug-likeness (QED) is 0.674. The number of hydrogen-bond acceptors (Lipinski definition) is 5. The molecule has 0 radical (unpaired) electrons. The van der Waals surface area contributed by atoms with E-state index in [0.717, 1.165) is 5.56 Å². The molecule has 0 bridgehead atoms. The lowest BCUT2D eigenvalue weighted by atomic mass is 10.2. The Morgan fingerprint density at radius 3 is 2.65 bits per heavy atom. The zero-order valence-electron chi connectivity index (χ0n) is 12.2. The Hall–Kier alpha value is -3.42. The van der Waals surface area contributed by atoms with Crippen LogP contribution in [0.25, 0.3) is 11.4 Å². The van der Waals surface area contributed by atoms with E-state index in [1.54, 1.807) is 24.3 Å². The number of carbonyl (C=O) groups excluding carboxylic acids is 1.